The van der Waals surface area contributed by atoms with E-state index in [2.05, 4.69) is 0 Å². The highest BCUT2D eigenvalue weighted by Crippen LogP contribution is 2.27. The Labute approximate surface area is 92.5 Å². The van der Waals surface area contributed by atoms with Crippen LogP contribution in [0.5, 0.6) is 0 Å². The summed E-state index contributed by atoms with van der Waals surface area (Å²) >= 11 is 0. The quantitative estimate of drug-likeness (QED) is 0.746. The summed E-state index contributed by atoms with van der Waals surface area (Å²) in [6, 6.07) is 3.85. The first-order valence-electron chi connectivity index (χ1n) is 5.14. The normalized spacial score (nSPS) is 20.1. The van der Waals surface area contributed by atoms with Crippen molar-refractivity contribution in [2.24, 2.45) is 0 Å². The number of rotatable bonds is 2. The molecular formula is C11H13FN2O2. The molecule has 0 aromatic heterocycles. The Bertz CT molecular complexity index is 422. The lowest BCUT2D eigenvalue weighted by molar-refractivity contribution is -0.138. The van der Waals surface area contributed by atoms with Crippen molar-refractivity contribution in [3.8, 4) is 0 Å². The minimum atomic E-state index is -0.866. The molecule has 4 nitrogen and oxygen atoms in total. The Balaban J connectivity index is 2.29. The third kappa shape index (κ3) is 1.80. The molecule has 2 rings (SSSR count). The minimum Gasteiger partial charge on any atom is -0.480 e. The molecule has 1 heterocycles. The van der Waals surface area contributed by atoms with Crippen LogP contribution in [0.15, 0.2) is 18.2 Å². The van der Waals surface area contributed by atoms with Crippen molar-refractivity contribution in [2.45, 2.75) is 18.9 Å². The molecule has 0 aliphatic carbocycles. The molecule has 3 N–H and O–H groups in total. The number of anilines is 2. The van der Waals surface area contributed by atoms with Crippen LogP contribution in [0.2, 0.25) is 0 Å². The van der Waals surface area contributed by atoms with E-state index >= 15 is 0 Å². The van der Waals surface area contributed by atoms with Crippen LogP contribution in [0.25, 0.3) is 0 Å². The van der Waals surface area contributed by atoms with E-state index in [1.54, 1.807) is 11.0 Å². The van der Waals surface area contributed by atoms with Crippen molar-refractivity contribution < 1.29 is 14.3 Å². The van der Waals surface area contributed by atoms with E-state index in [0.717, 1.165) is 6.42 Å². The molecule has 1 aliphatic rings. The van der Waals surface area contributed by atoms with Crippen LogP contribution in [0.4, 0.5) is 15.8 Å². The number of carbonyl (C=O) groups is 1. The molecule has 1 aromatic rings. The van der Waals surface area contributed by atoms with Gasteiger partial charge in [-0.2, -0.15) is 0 Å². The van der Waals surface area contributed by atoms with E-state index in [4.69, 9.17) is 10.8 Å². The number of nitrogens with two attached hydrogens (primary N) is 1. The average molecular weight is 224 g/mol. The van der Waals surface area contributed by atoms with Gasteiger partial charge in [0.25, 0.3) is 0 Å². The number of carboxylic acid groups (broad SMARTS) is 1. The van der Waals surface area contributed by atoms with Crippen molar-refractivity contribution in [1.29, 1.82) is 0 Å². The second-order valence-corrected chi connectivity index (χ2v) is 3.90. The molecule has 0 bridgehead atoms. The van der Waals surface area contributed by atoms with Crippen LogP contribution in [0, 0.1) is 5.82 Å². The fourth-order valence-electron chi connectivity index (χ4n) is 2.03. The summed E-state index contributed by atoms with van der Waals surface area (Å²) in [7, 11) is 0. The van der Waals surface area contributed by atoms with Gasteiger partial charge in [-0.05, 0) is 31.0 Å². The van der Waals surface area contributed by atoms with Crippen molar-refractivity contribution in [3.05, 3.63) is 24.0 Å². The van der Waals surface area contributed by atoms with Gasteiger partial charge in [0.1, 0.15) is 11.9 Å². The molecule has 0 spiro atoms. The van der Waals surface area contributed by atoms with Gasteiger partial charge in [0.2, 0.25) is 0 Å². The predicted octanol–water partition coefficient (Wildman–Crippen LogP) is 1.46. The lowest BCUT2D eigenvalue weighted by atomic mass is 10.2. The molecule has 1 aliphatic heterocycles. The summed E-state index contributed by atoms with van der Waals surface area (Å²) in [6.45, 7) is 0.639. The second kappa shape index (κ2) is 4.00. The largest absolute Gasteiger partial charge is 0.480 e. The monoisotopic (exact) mass is 224 g/mol. The summed E-state index contributed by atoms with van der Waals surface area (Å²) in [5.41, 5.74) is 6.03. The first kappa shape index (κ1) is 10.7. The molecule has 1 atom stereocenters. The van der Waals surface area contributed by atoms with Gasteiger partial charge in [-0.15, -0.1) is 0 Å². The smallest absolute Gasteiger partial charge is 0.326 e. The van der Waals surface area contributed by atoms with Gasteiger partial charge < -0.3 is 15.7 Å². The Hall–Kier alpha value is -1.78. The van der Waals surface area contributed by atoms with Gasteiger partial charge in [0.05, 0.1) is 5.69 Å². The Morgan fingerprint density at radius 3 is 2.94 bits per heavy atom. The van der Waals surface area contributed by atoms with Gasteiger partial charge >= 0.3 is 5.97 Å². The average Bonchev–Trinajstić information content (AvgIpc) is 2.71. The van der Waals surface area contributed by atoms with E-state index < -0.39 is 17.8 Å². The number of halogens is 1. The summed E-state index contributed by atoms with van der Waals surface area (Å²) in [5, 5.41) is 9.01. The number of hydrogen-bond acceptors (Lipinski definition) is 3. The van der Waals surface area contributed by atoms with E-state index in [0.29, 0.717) is 18.7 Å². The number of nitrogens with zero attached hydrogens (tertiary/aromatic N) is 1. The highest BCUT2D eigenvalue weighted by Gasteiger charge is 2.30. The van der Waals surface area contributed by atoms with Gasteiger partial charge in [-0.3, -0.25) is 0 Å². The van der Waals surface area contributed by atoms with Gasteiger partial charge in [-0.25, -0.2) is 9.18 Å². The molecule has 86 valence electrons. The van der Waals surface area contributed by atoms with E-state index in [-0.39, 0.29) is 5.69 Å². The fraction of sp³-hybridized carbons (Fsp3) is 0.364. The third-order valence-electron chi connectivity index (χ3n) is 2.85. The van der Waals surface area contributed by atoms with Crippen LogP contribution in [0.3, 0.4) is 0 Å². The van der Waals surface area contributed by atoms with Crippen molar-refractivity contribution in [1.82, 2.24) is 0 Å². The van der Waals surface area contributed by atoms with E-state index in [1.165, 1.54) is 12.1 Å². The highest BCUT2D eigenvalue weighted by atomic mass is 19.1. The minimum absolute atomic E-state index is 0.0785. The standard InChI is InChI=1S/C11H13FN2O2/c12-8-6-7(3-4-9(8)13)14-5-1-2-10(14)11(15)16/h3-4,6,10H,1-2,5,13H2,(H,15,16). The van der Waals surface area contributed by atoms with Gasteiger partial charge in [-0.1, -0.05) is 0 Å². The zero-order valence-corrected chi connectivity index (χ0v) is 8.69. The first-order valence-corrected chi connectivity index (χ1v) is 5.14. The molecule has 0 saturated carbocycles. The van der Waals surface area contributed by atoms with Crippen molar-refractivity contribution >= 4 is 17.3 Å². The van der Waals surface area contributed by atoms with E-state index in [1.807, 2.05) is 0 Å². The second-order valence-electron chi connectivity index (χ2n) is 3.90. The summed E-state index contributed by atoms with van der Waals surface area (Å²) < 4.78 is 13.3. The molecule has 1 unspecified atom stereocenters. The molecule has 1 fully saturated rings. The summed E-state index contributed by atoms with van der Waals surface area (Å²) in [5.74, 6) is -1.37. The molecule has 0 radical (unpaired) electrons. The highest BCUT2D eigenvalue weighted by molar-refractivity contribution is 5.79. The Morgan fingerprint density at radius 2 is 2.31 bits per heavy atom. The van der Waals surface area contributed by atoms with Gasteiger partial charge in [0, 0.05) is 12.2 Å². The molecule has 16 heavy (non-hydrogen) atoms. The molecule has 0 amide bonds. The number of hydrogen-bond donors (Lipinski definition) is 2. The zero-order valence-electron chi connectivity index (χ0n) is 8.69. The Morgan fingerprint density at radius 1 is 1.56 bits per heavy atom. The van der Waals surface area contributed by atoms with Crippen LogP contribution in [-0.4, -0.2) is 23.7 Å². The molecule has 1 aromatic carbocycles. The topological polar surface area (TPSA) is 66.6 Å². The summed E-state index contributed by atoms with van der Waals surface area (Å²) in [6.07, 6.45) is 1.41. The third-order valence-corrected chi connectivity index (χ3v) is 2.85. The van der Waals surface area contributed by atoms with Crippen molar-refractivity contribution in [3.63, 3.8) is 0 Å². The van der Waals surface area contributed by atoms with Gasteiger partial charge in [0.15, 0.2) is 0 Å². The number of nitrogen functional groups attached to an aromatic ring is 1. The van der Waals surface area contributed by atoms with Crippen LogP contribution in [-0.2, 0) is 4.79 Å². The van der Waals surface area contributed by atoms with Crippen molar-refractivity contribution in [2.75, 3.05) is 17.2 Å². The maximum atomic E-state index is 13.3. The van der Waals surface area contributed by atoms with Crippen LogP contribution in [0.1, 0.15) is 12.8 Å². The maximum Gasteiger partial charge on any atom is 0.326 e. The van der Waals surface area contributed by atoms with Crippen LogP contribution >= 0.6 is 0 Å². The molecule has 5 heteroatoms. The SMILES string of the molecule is Nc1ccc(N2CCCC2C(=O)O)cc1F. The zero-order chi connectivity index (χ0) is 11.7. The molecule has 1 saturated heterocycles. The lowest BCUT2D eigenvalue weighted by Crippen LogP contribution is -2.35. The predicted molar refractivity (Wildman–Crippen MR) is 58.8 cm³/mol. The number of benzene rings is 1. The number of aliphatic carboxylic acids is 1. The molecular weight excluding hydrogens is 211 g/mol. The summed E-state index contributed by atoms with van der Waals surface area (Å²) in [4.78, 5) is 12.7. The fourth-order valence-corrected chi connectivity index (χ4v) is 2.03. The lowest BCUT2D eigenvalue weighted by Gasteiger charge is -2.23. The Kier molecular flexibility index (Phi) is 2.68. The van der Waals surface area contributed by atoms with E-state index in [9.17, 15) is 9.18 Å². The first-order chi connectivity index (χ1) is 7.59. The number of carboxylic acids is 1. The van der Waals surface area contributed by atoms with Crippen LogP contribution < -0.4 is 10.6 Å². The maximum absolute atomic E-state index is 13.3.